The molecule has 7 atom stereocenters. The summed E-state index contributed by atoms with van der Waals surface area (Å²) >= 11 is 0. The van der Waals surface area contributed by atoms with Crippen molar-refractivity contribution in [2.75, 3.05) is 33.4 Å². The molecule has 186 valence electrons. The summed E-state index contributed by atoms with van der Waals surface area (Å²) < 4.78 is 19.9. The Balaban J connectivity index is 1.42. The van der Waals surface area contributed by atoms with Gasteiger partial charge in [0.25, 0.3) is 0 Å². The van der Waals surface area contributed by atoms with Crippen molar-refractivity contribution >= 4 is 11.8 Å². The molecule has 5 unspecified atom stereocenters. The molecule has 1 aromatic carbocycles. The molecule has 2 amide bonds. The Morgan fingerprint density at radius 3 is 2.68 bits per heavy atom. The predicted molar refractivity (Wildman–Crippen MR) is 125 cm³/mol. The van der Waals surface area contributed by atoms with Gasteiger partial charge in [-0.25, -0.2) is 4.39 Å². The smallest absolute Gasteiger partial charge is 0.227 e. The molecule has 2 aliphatic heterocycles. The van der Waals surface area contributed by atoms with Gasteiger partial charge < -0.3 is 19.6 Å². The van der Waals surface area contributed by atoms with E-state index in [2.05, 4.69) is 0 Å². The van der Waals surface area contributed by atoms with Gasteiger partial charge >= 0.3 is 0 Å². The molecule has 0 bridgehead atoms. The lowest BCUT2D eigenvalue weighted by atomic mass is 9.60. The third kappa shape index (κ3) is 3.95. The first-order valence-electron chi connectivity index (χ1n) is 12.8. The van der Waals surface area contributed by atoms with Crippen LogP contribution in [0, 0.1) is 34.9 Å². The summed E-state index contributed by atoms with van der Waals surface area (Å²) in [5.41, 5.74) is 0.270. The fraction of sp³-hybridized carbons (Fsp3) is 0.704. The normalized spacial score (nSPS) is 37.1. The third-order valence-electron chi connectivity index (χ3n) is 9.54. The summed E-state index contributed by atoms with van der Waals surface area (Å²) in [6.07, 6.45) is 5.41. The highest BCUT2D eigenvalue weighted by Crippen LogP contribution is 2.61. The summed E-state index contributed by atoms with van der Waals surface area (Å²) in [5, 5.41) is 10.3. The number of methoxy groups -OCH3 is 1. The van der Waals surface area contributed by atoms with Crippen LogP contribution in [0.2, 0.25) is 0 Å². The molecule has 6 nitrogen and oxygen atoms in total. The zero-order valence-corrected chi connectivity index (χ0v) is 20.3. The minimum Gasteiger partial charge on any atom is -0.394 e. The van der Waals surface area contributed by atoms with Gasteiger partial charge in [0.05, 0.1) is 25.2 Å². The summed E-state index contributed by atoms with van der Waals surface area (Å²) in [4.78, 5) is 29.7. The van der Waals surface area contributed by atoms with Crippen LogP contribution in [0.4, 0.5) is 4.39 Å². The van der Waals surface area contributed by atoms with Gasteiger partial charge in [-0.1, -0.05) is 18.2 Å². The van der Waals surface area contributed by atoms with Crippen molar-refractivity contribution in [2.45, 2.75) is 57.6 Å². The van der Waals surface area contributed by atoms with E-state index in [4.69, 9.17) is 4.74 Å². The van der Waals surface area contributed by atoms with E-state index in [1.807, 2.05) is 9.80 Å². The topological polar surface area (TPSA) is 70.1 Å². The summed E-state index contributed by atoms with van der Waals surface area (Å²) in [7, 11) is 1.79. The number of hydrogen-bond acceptors (Lipinski definition) is 4. The van der Waals surface area contributed by atoms with Crippen LogP contribution in [-0.4, -0.2) is 72.2 Å². The molecule has 0 aromatic heterocycles. The Morgan fingerprint density at radius 2 is 1.97 bits per heavy atom. The first kappa shape index (κ1) is 23.7. The average molecular weight is 473 g/mol. The van der Waals surface area contributed by atoms with Crippen molar-refractivity contribution in [1.82, 2.24) is 9.80 Å². The van der Waals surface area contributed by atoms with Gasteiger partial charge in [0.2, 0.25) is 11.8 Å². The number of aliphatic hydroxyl groups is 1. The maximum atomic E-state index is 14.2. The molecule has 34 heavy (non-hydrogen) atoms. The van der Waals surface area contributed by atoms with Gasteiger partial charge in [-0.2, -0.15) is 0 Å². The Hall–Kier alpha value is -1.99. The molecule has 0 radical (unpaired) electrons. The molecular weight excluding hydrogens is 435 g/mol. The number of fused-ring (bicyclic) bond motifs is 4. The standard InChI is InChI=1S/C27H37FN2O4/c1-17(32)30-16-27(9-10-29(15-27)25(33)13-18-5-3-4-6-23(18)28)26-21-8-7-20(34-2)11-19(21)12-22(26)24(30)14-31/h3-6,19-22,24,26,31H,7-16H2,1-2H3/t19?,20?,21?,22?,24-,26?,27-/m0/s1. The van der Waals surface area contributed by atoms with Gasteiger partial charge in [0.1, 0.15) is 5.82 Å². The number of nitrogens with zero attached hydrogens (tertiary/aromatic N) is 2. The first-order chi connectivity index (χ1) is 16.4. The second-order valence-corrected chi connectivity index (χ2v) is 11.1. The van der Waals surface area contributed by atoms with E-state index in [1.165, 1.54) is 6.07 Å². The van der Waals surface area contributed by atoms with Crippen molar-refractivity contribution in [3.63, 3.8) is 0 Å². The van der Waals surface area contributed by atoms with Crippen molar-refractivity contribution in [1.29, 1.82) is 0 Å². The number of ether oxygens (including phenoxy) is 1. The van der Waals surface area contributed by atoms with Crippen LogP contribution >= 0.6 is 0 Å². The molecular formula is C27H37FN2O4. The summed E-state index contributed by atoms with van der Waals surface area (Å²) in [6, 6.07) is 6.32. The second kappa shape index (κ2) is 9.23. The third-order valence-corrected chi connectivity index (χ3v) is 9.54. The number of amides is 2. The van der Waals surface area contributed by atoms with E-state index >= 15 is 0 Å². The van der Waals surface area contributed by atoms with Gasteiger partial charge in [0.15, 0.2) is 0 Å². The summed E-state index contributed by atoms with van der Waals surface area (Å²) in [5.74, 6) is 1.32. The van der Waals surface area contributed by atoms with Gasteiger partial charge in [0, 0.05) is 39.1 Å². The lowest BCUT2D eigenvalue weighted by Crippen LogP contribution is -2.61. The van der Waals surface area contributed by atoms with Crippen molar-refractivity contribution in [3.05, 3.63) is 35.6 Å². The number of hydrogen-bond donors (Lipinski definition) is 1. The van der Waals surface area contributed by atoms with E-state index in [0.717, 1.165) is 32.1 Å². The molecule has 4 aliphatic rings. The molecule has 4 fully saturated rings. The highest BCUT2D eigenvalue weighted by atomic mass is 19.1. The molecule has 2 saturated carbocycles. The fourth-order valence-electron chi connectivity index (χ4n) is 8.12. The zero-order chi connectivity index (χ0) is 24.0. The number of piperidine rings is 1. The van der Waals surface area contributed by atoms with Crippen LogP contribution in [0.5, 0.6) is 0 Å². The first-order valence-corrected chi connectivity index (χ1v) is 12.8. The van der Waals surface area contributed by atoms with E-state index in [1.54, 1.807) is 32.2 Å². The van der Waals surface area contributed by atoms with Crippen LogP contribution in [0.1, 0.15) is 44.6 Å². The van der Waals surface area contributed by atoms with Crippen LogP contribution in [0.25, 0.3) is 0 Å². The van der Waals surface area contributed by atoms with Crippen molar-refractivity contribution in [2.24, 2.45) is 29.1 Å². The van der Waals surface area contributed by atoms with E-state index < -0.39 is 0 Å². The molecule has 1 aromatic rings. The number of carbonyl (C=O) groups is 2. The lowest BCUT2D eigenvalue weighted by molar-refractivity contribution is -0.146. The van der Waals surface area contributed by atoms with Crippen molar-refractivity contribution in [3.8, 4) is 0 Å². The molecule has 1 N–H and O–H groups in total. The highest BCUT2D eigenvalue weighted by molar-refractivity contribution is 5.79. The van der Waals surface area contributed by atoms with Crippen LogP contribution in [0.3, 0.4) is 0 Å². The second-order valence-electron chi connectivity index (χ2n) is 11.1. The molecule has 7 heteroatoms. The molecule has 5 rings (SSSR count). The number of halogens is 1. The average Bonchev–Trinajstić information content (AvgIpc) is 3.42. The maximum Gasteiger partial charge on any atom is 0.227 e. The van der Waals surface area contributed by atoms with Gasteiger partial charge in [-0.3, -0.25) is 9.59 Å². The van der Waals surface area contributed by atoms with Gasteiger partial charge in [-0.15, -0.1) is 0 Å². The Bertz CT molecular complexity index is 941. The number of aliphatic hydroxyl groups excluding tert-OH is 1. The molecule has 2 heterocycles. The minimum absolute atomic E-state index is 0.00218. The van der Waals surface area contributed by atoms with E-state index in [0.29, 0.717) is 43.0 Å². The number of carbonyl (C=O) groups excluding carboxylic acids is 2. The van der Waals surface area contributed by atoms with Crippen LogP contribution in [0.15, 0.2) is 24.3 Å². The lowest BCUT2D eigenvalue weighted by Gasteiger charge is -2.54. The van der Waals surface area contributed by atoms with Crippen LogP contribution in [-0.2, 0) is 20.7 Å². The quantitative estimate of drug-likeness (QED) is 0.732. The number of rotatable bonds is 4. The van der Waals surface area contributed by atoms with Crippen LogP contribution < -0.4 is 0 Å². The molecule has 1 spiro atoms. The largest absolute Gasteiger partial charge is 0.394 e. The molecule has 2 aliphatic carbocycles. The monoisotopic (exact) mass is 472 g/mol. The van der Waals surface area contributed by atoms with E-state index in [9.17, 15) is 19.1 Å². The molecule has 2 saturated heterocycles. The minimum atomic E-state index is -0.343. The predicted octanol–water partition coefficient (Wildman–Crippen LogP) is 2.88. The van der Waals surface area contributed by atoms with Gasteiger partial charge in [-0.05, 0) is 67.4 Å². The highest BCUT2D eigenvalue weighted by Gasteiger charge is 2.62. The zero-order valence-electron chi connectivity index (χ0n) is 20.3. The number of benzene rings is 1. The summed E-state index contributed by atoms with van der Waals surface area (Å²) in [6.45, 7) is 3.43. The van der Waals surface area contributed by atoms with Crippen molar-refractivity contribution < 1.29 is 23.8 Å². The van der Waals surface area contributed by atoms with E-state index in [-0.39, 0.29) is 54.1 Å². The Kier molecular flexibility index (Phi) is 6.44. The maximum absolute atomic E-state index is 14.2. The fourth-order valence-corrected chi connectivity index (χ4v) is 8.12. The Labute approximate surface area is 201 Å². The number of likely N-dealkylation sites (tertiary alicyclic amines) is 2. The Morgan fingerprint density at radius 1 is 1.18 bits per heavy atom. The SMILES string of the molecule is COC1CCC2C(C1)CC1C2[C@]2(CCN(C(=O)Cc3ccccc3F)C2)CN(C(C)=O)[C@H]1CO.